The Morgan fingerprint density at radius 3 is 2.57 bits per heavy atom. The second-order valence-corrected chi connectivity index (χ2v) is 8.48. The summed E-state index contributed by atoms with van der Waals surface area (Å²) >= 11 is 0. The number of amides is 2. The first-order valence-corrected chi connectivity index (χ1v) is 10.2. The number of carbonyl (C=O) groups is 2. The van der Waals surface area contributed by atoms with E-state index in [0.29, 0.717) is 44.3 Å². The molecule has 3 N–H and O–H groups in total. The summed E-state index contributed by atoms with van der Waals surface area (Å²) in [5, 5.41) is 2.90. The zero-order valence-corrected chi connectivity index (χ0v) is 16.7. The van der Waals surface area contributed by atoms with Gasteiger partial charge in [-0.2, -0.15) is 0 Å². The number of hydrogen-bond donors (Lipinski definition) is 2. The van der Waals surface area contributed by atoms with Crippen LogP contribution in [0.1, 0.15) is 42.6 Å². The molecule has 3 fully saturated rings. The number of hydrogen-bond acceptors (Lipinski definition) is 6. The van der Waals surface area contributed by atoms with Crippen molar-refractivity contribution in [2.24, 2.45) is 11.7 Å². The second kappa shape index (κ2) is 7.98. The molecular weight excluding hydrogens is 398 g/mol. The number of anilines is 1. The van der Waals surface area contributed by atoms with Crippen LogP contribution in [-0.4, -0.2) is 61.2 Å². The molecule has 1 saturated carbocycles. The number of nitrogens with two attached hydrogens (primary N) is 1. The highest BCUT2D eigenvalue weighted by molar-refractivity contribution is 5.94. The number of alkyl halides is 2. The third-order valence-electron chi connectivity index (χ3n) is 5.75. The van der Waals surface area contributed by atoms with E-state index in [-0.39, 0.29) is 18.0 Å². The molecule has 2 amide bonds. The summed E-state index contributed by atoms with van der Waals surface area (Å²) in [6.07, 6.45) is 3.07. The minimum Gasteiger partial charge on any atom is -0.476 e. The van der Waals surface area contributed by atoms with Crippen LogP contribution in [0, 0.1) is 5.92 Å². The summed E-state index contributed by atoms with van der Waals surface area (Å²) in [5.74, 6) is -3.08. The highest BCUT2D eigenvalue weighted by Gasteiger charge is 2.45. The maximum atomic E-state index is 13.3. The van der Waals surface area contributed by atoms with Gasteiger partial charge in [-0.3, -0.25) is 9.59 Å². The van der Waals surface area contributed by atoms with Gasteiger partial charge in [0, 0.05) is 19.6 Å². The number of nitrogens with one attached hydrogen (secondary N) is 1. The first-order chi connectivity index (χ1) is 14.3. The Morgan fingerprint density at radius 2 is 1.97 bits per heavy atom. The molecule has 0 aromatic carbocycles. The molecule has 8 nitrogen and oxygen atoms in total. The molecule has 3 aliphatic rings. The maximum Gasteiger partial charge on any atom is 0.282 e. The summed E-state index contributed by atoms with van der Waals surface area (Å²) in [5.41, 5.74) is 5.16. The summed E-state index contributed by atoms with van der Waals surface area (Å²) in [6, 6.07) is 3.08. The van der Waals surface area contributed by atoms with Crippen molar-refractivity contribution in [2.75, 3.05) is 37.8 Å². The number of nitrogens with zero attached hydrogens (tertiary/aromatic N) is 2. The van der Waals surface area contributed by atoms with Gasteiger partial charge in [0.05, 0.1) is 25.2 Å². The third-order valence-corrected chi connectivity index (χ3v) is 5.75. The molecule has 30 heavy (non-hydrogen) atoms. The molecule has 2 aliphatic heterocycles. The van der Waals surface area contributed by atoms with Crippen molar-refractivity contribution in [3.63, 3.8) is 0 Å². The predicted octanol–water partition coefficient (Wildman–Crippen LogP) is 1.48. The van der Waals surface area contributed by atoms with Crippen LogP contribution in [0.5, 0.6) is 5.88 Å². The van der Waals surface area contributed by atoms with Crippen molar-refractivity contribution in [1.82, 2.24) is 10.3 Å². The molecular formula is C20H26F2N4O4. The molecule has 0 bridgehead atoms. The molecule has 3 heterocycles. The summed E-state index contributed by atoms with van der Waals surface area (Å²) in [7, 11) is 0. The quantitative estimate of drug-likeness (QED) is 0.655. The monoisotopic (exact) mass is 424 g/mol. The van der Waals surface area contributed by atoms with Crippen LogP contribution >= 0.6 is 0 Å². The van der Waals surface area contributed by atoms with Gasteiger partial charge in [-0.15, -0.1) is 0 Å². The van der Waals surface area contributed by atoms with Crippen LogP contribution in [0.3, 0.4) is 0 Å². The Bertz CT molecular complexity index is 817. The minimum absolute atomic E-state index is 0.00802. The Morgan fingerprint density at radius 1 is 1.27 bits per heavy atom. The number of pyridine rings is 1. The van der Waals surface area contributed by atoms with Crippen LogP contribution in [-0.2, 0) is 9.53 Å². The Balaban J connectivity index is 1.52. The van der Waals surface area contributed by atoms with E-state index in [1.807, 2.05) is 0 Å². The lowest BCUT2D eigenvalue weighted by molar-refractivity contribution is -0.120. The number of ether oxygens (including phenoxy) is 2. The molecule has 2 saturated heterocycles. The molecule has 164 valence electrons. The lowest BCUT2D eigenvalue weighted by atomic mass is 9.86. The fraction of sp³-hybridized carbons (Fsp3) is 0.650. The zero-order chi connectivity index (χ0) is 21.4. The normalized spacial score (nSPS) is 22.1. The molecule has 0 unspecified atom stereocenters. The largest absolute Gasteiger partial charge is 0.476 e. The first-order valence-electron chi connectivity index (χ1n) is 10.2. The van der Waals surface area contributed by atoms with Gasteiger partial charge >= 0.3 is 0 Å². The van der Waals surface area contributed by atoms with Crippen LogP contribution in [0.4, 0.5) is 14.5 Å². The SMILES string of the molecule is NC(=O)CC1(NC(=O)c2ccc(N3CC(F)(F)C3)c(OCC3CC3)n2)CCOCC1. The van der Waals surface area contributed by atoms with E-state index in [1.165, 1.54) is 11.0 Å². The zero-order valence-electron chi connectivity index (χ0n) is 16.7. The summed E-state index contributed by atoms with van der Waals surface area (Å²) < 4.78 is 37.8. The van der Waals surface area contributed by atoms with Gasteiger partial charge in [-0.25, -0.2) is 13.8 Å². The average molecular weight is 424 g/mol. The predicted molar refractivity (Wildman–Crippen MR) is 104 cm³/mol. The highest BCUT2D eigenvalue weighted by atomic mass is 19.3. The highest BCUT2D eigenvalue weighted by Crippen LogP contribution is 2.38. The van der Waals surface area contributed by atoms with Crippen LogP contribution < -0.4 is 20.7 Å². The van der Waals surface area contributed by atoms with Crippen molar-refractivity contribution in [1.29, 1.82) is 0 Å². The van der Waals surface area contributed by atoms with Crippen molar-refractivity contribution >= 4 is 17.5 Å². The van der Waals surface area contributed by atoms with Gasteiger partial charge < -0.3 is 25.4 Å². The average Bonchev–Trinajstić information content (AvgIpc) is 3.48. The molecule has 1 aliphatic carbocycles. The van der Waals surface area contributed by atoms with E-state index in [2.05, 4.69) is 10.3 Å². The Labute approximate surface area is 173 Å². The topological polar surface area (TPSA) is 107 Å². The second-order valence-electron chi connectivity index (χ2n) is 8.48. The molecule has 1 aromatic rings. The van der Waals surface area contributed by atoms with E-state index in [9.17, 15) is 18.4 Å². The van der Waals surface area contributed by atoms with Crippen LogP contribution in [0.15, 0.2) is 12.1 Å². The number of rotatable bonds is 8. The van der Waals surface area contributed by atoms with E-state index in [4.69, 9.17) is 15.2 Å². The fourth-order valence-electron chi connectivity index (χ4n) is 3.82. The van der Waals surface area contributed by atoms with E-state index >= 15 is 0 Å². The molecule has 10 heteroatoms. The molecule has 1 aromatic heterocycles. The van der Waals surface area contributed by atoms with Gasteiger partial charge in [0.2, 0.25) is 11.8 Å². The lowest BCUT2D eigenvalue weighted by Crippen LogP contribution is -2.56. The number of carbonyl (C=O) groups excluding carboxylic acids is 2. The number of aromatic nitrogens is 1. The van der Waals surface area contributed by atoms with Gasteiger partial charge in [0.15, 0.2) is 0 Å². The first kappa shape index (κ1) is 20.8. The third kappa shape index (κ3) is 4.80. The molecule has 0 spiro atoms. The summed E-state index contributed by atoms with van der Waals surface area (Å²) in [6.45, 7) is 0.472. The van der Waals surface area contributed by atoms with Gasteiger partial charge in [0.25, 0.3) is 11.8 Å². The number of primary amides is 1. The Kier molecular flexibility index (Phi) is 5.52. The molecule has 0 atom stereocenters. The van der Waals surface area contributed by atoms with Crippen molar-refractivity contribution in [3.05, 3.63) is 17.8 Å². The molecule has 4 rings (SSSR count). The van der Waals surface area contributed by atoms with Crippen molar-refractivity contribution in [3.8, 4) is 5.88 Å². The fourth-order valence-corrected chi connectivity index (χ4v) is 3.82. The van der Waals surface area contributed by atoms with Gasteiger partial charge in [-0.1, -0.05) is 0 Å². The molecule has 0 radical (unpaired) electrons. The Hall–Kier alpha value is -2.49. The minimum atomic E-state index is -2.73. The number of halogens is 2. The van der Waals surface area contributed by atoms with Gasteiger partial charge in [0.1, 0.15) is 11.4 Å². The maximum absolute atomic E-state index is 13.3. The van der Waals surface area contributed by atoms with Crippen molar-refractivity contribution < 1.29 is 27.8 Å². The van der Waals surface area contributed by atoms with Crippen LogP contribution in [0.2, 0.25) is 0 Å². The smallest absolute Gasteiger partial charge is 0.282 e. The lowest BCUT2D eigenvalue weighted by Gasteiger charge is -2.40. The standard InChI is InChI=1S/C20H26F2N4O4/c21-20(22)11-26(12-20)15-4-3-14(24-18(15)30-10-13-1-2-13)17(28)25-19(9-16(23)27)5-7-29-8-6-19/h3-4,13H,1-2,5-12H2,(H2,23,27)(H,25,28). The van der Waals surface area contributed by atoms with Crippen molar-refractivity contribution in [2.45, 2.75) is 43.6 Å². The van der Waals surface area contributed by atoms with E-state index < -0.39 is 36.4 Å². The summed E-state index contributed by atoms with van der Waals surface area (Å²) in [4.78, 5) is 30.3. The van der Waals surface area contributed by atoms with E-state index in [0.717, 1.165) is 12.8 Å². The van der Waals surface area contributed by atoms with E-state index in [1.54, 1.807) is 6.07 Å². The van der Waals surface area contributed by atoms with Gasteiger partial charge in [-0.05, 0) is 43.7 Å². The van der Waals surface area contributed by atoms with Crippen LogP contribution in [0.25, 0.3) is 0 Å².